The minimum Gasteiger partial charge on any atom is -0.310 e. The molecular formula is C74H48N2. The lowest BCUT2D eigenvalue weighted by molar-refractivity contribution is 1.12. The minimum absolute atomic E-state index is 0.805. The van der Waals surface area contributed by atoms with Crippen molar-refractivity contribution in [3.8, 4) is 11.1 Å². The Labute approximate surface area is 440 Å². The van der Waals surface area contributed by atoms with Crippen molar-refractivity contribution in [2.45, 2.75) is 13.3 Å². The molecule has 0 spiro atoms. The zero-order valence-electron chi connectivity index (χ0n) is 41.9. The van der Waals surface area contributed by atoms with Crippen LogP contribution in [0.1, 0.15) is 12.5 Å². The predicted molar refractivity (Wildman–Crippen MR) is 328 cm³/mol. The van der Waals surface area contributed by atoms with E-state index in [0.29, 0.717) is 0 Å². The van der Waals surface area contributed by atoms with Crippen LogP contribution in [0.15, 0.2) is 261 Å². The summed E-state index contributed by atoms with van der Waals surface area (Å²) < 4.78 is 0. The van der Waals surface area contributed by atoms with E-state index in [9.17, 15) is 0 Å². The Bertz CT molecular complexity index is 4880. The van der Waals surface area contributed by atoms with Gasteiger partial charge in [-0.3, -0.25) is 0 Å². The lowest BCUT2D eigenvalue weighted by atomic mass is 9.86. The second kappa shape index (κ2) is 16.6. The monoisotopic (exact) mass is 964 g/mol. The lowest BCUT2D eigenvalue weighted by Crippen LogP contribution is -2.14. The van der Waals surface area contributed by atoms with Crippen LogP contribution in [0.4, 0.5) is 34.1 Å². The van der Waals surface area contributed by atoms with Gasteiger partial charge in [-0.1, -0.05) is 213 Å². The second-order valence-electron chi connectivity index (χ2n) is 20.5. The van der Waals surface area contributed by atoms with Crippen molar-refractivity contribution in [3.63, 3.8) is 0 Å². The van der Waals surface area contributed by atoms with Crippen LogP contribution < -0.4 is 9.80 Å². The third kappa shape index (κ3) is 6.16. The molecule has 0 heterocycles. The van der Waals surface area contributed by atoms with Gasteiger partial charge in [-0.05, 0) is 175 Å². The van der Waals surface area contributed by atoms with E-state index in [4.69, 9.17) is 0 Å². The molecule has 0 saturated carbocycles. The van der Waals surface area contributed by atoms with E-state index in [2.05, 4.69) is 278 Å². The van der Waals surface area contributed by atoms with Crippen LogP contribution >= 0.6 is 0 Å². The maximum Gasteiger partial charge on any atom is 0.0540 e. The Morgan fingerprint density at radius 1 is 0.250 bits per heavy atom. The zero-order valence-corrected chi connectivity index (χ0v) is 41.9. The van der Waals surface area contributed by atoms with E-state index in [1.54, 1.807) is 0 Å². The topological polar surface area (TPSA) is 6.48 Å². The number of rotatable bonds is 8. The molecule has 0 aliphatic rings. The largest absolute Gasteiger partial charge is 0.310 e. The number of fused-ring (bicyclic) bond motifs is 6. The molecule has 16 rings (SSSR count). The predicted octanol–water partition coefficient (Wildman–Crippen LogP) is 21.3. The molecule has 354 valence electrons. The normalized spacial score (nSPS) is 12.1. The van der Waals surface area contributed by atoms with Gasteiger partial charge in [0.25, 0.3) is 0 Å². The molecule has 0 aliphatic heterocycles. The molecule has 0 aromatic heterocycles. The maximum absolute atomic E-state index is 2.55. The Balaban J connectivity index is 0.978. The van der Waals surface area contributed by atoms with Crippen molar-refractivity contribution in [1.29, 1.82) is 0 Å². The molecule has 0 radical (unpaired) electrons. The summed E-state index contributed by atoms with van der Waals surface area (Å²) in [6, 6.07) is 97.7. The molecule has 0 N–H and O–H groups in total. The standard InChI is InChI=1S/C74H48N2/c1-2-53-69(76(51-27-7-4-8-28-51)68-42-40-63-59-34-16-24-47-22-14-32-57(71(47)59)61-36-18-38-65(68)74(61)63)44-49-20-10-12-30-55(49)72(53)66-45-52(43-48-19-9-11-29-54(48)66)75(50-25-5-3-6-26-50)67-41-39-62-58-33-15-23-46-21-13-31-56(70(46)58)60-35-17-37-64(67)73(60)62/h3-45H,2H2,1H3. The molecule has 0 atom stereocenters. The van der Waals surface area contributed by atoms with Crippen molar-refractivity contribution in [2.75, 3.05) is 9.80 Å². The highest BCUT2D eigenvalue weighted by atomic mass is 15.2. The molecule has 16 aromatic rings. The van der Waals surface area contributed by atoms with E-state index < -0.39 is 0 Å². The van der Waals surface area contributed by atoms with Crippen molar-refractivity contribution in [2.24, 2.45) is 0 Å². The maximum atomic E-state index is 2.55. The molecule has 2 heteroatoms. The summed E-state index contributed by atoms with van der Waals surface area (Å²) in [5, 5.41) is 25.4. The molecule has 0 fully saturated rings. The van der Waals surface area contributed by atoms with Crippen LogP contribution in [0, 0.1) is 0 Å². The second-order valence-corrected chi connectivity index (χ2v) is 20.5. The first-order chi connectivity index (χ1) is 37.7. The van der Waals surface area contributed by atoms with E-state index in [1.165, 1.54) is 130 Å². The number of anilines is 6. The van der Waals surface area contributed by atoms with E-state index in [-0.39, 0.29) is 0 Å². The van der Waals surface area contributed by atoms with Gasteiger partial charge < -0.3 is 9.80 Å². The Kier molecular flexibility index (Phi) is 9.35. The van der Waals surface area contributed by atoms with E-state index in [1.807, 2.05) is 0 Å². The van der Waals surface area contributed by atoms with Crippen molar-refractivity contribution in [1.82, 2.24) is 0 Å². The highest BCUT2D eigenvalue weighted by Crippen LogP contribution is 2.52. The number of para-hydroxylation sites is 2. The molecule has 0 aliphatic carbocycles. The van der Waals surface area contributed by atoms with Crippen molar-refractivity contribution in [3.05, 3.63) is 266 Å². The highest BCUT2D eigenvalue weighted by molar-refractivity contribution is 6.36. The molecular weight excluding hydrogens is 917 g/mol. The smallest absolute Gasteiger partial charge is 0.0540 e. The fourth-order valence-electron chi connectivity index (χ4n) is 13.5. The lowest BCUT2D eigenvalue weighted by Gasteiger charge is -2.32. The summed E-state index contributed by atoms with van der Waals surface area (Å²) in [5.41, 5.74) is 10.6. The fourth-order valence-corrected chi connectivity index (χ4v) is 13.5. The van der Waals surface area contributed by atoms with Gasteiger partial charge in [0.1, 0.15) is 0 Å². The van der Waals surface area contributed by atoms with Crippen LogP contribution in [-0.4, -0.2) is 0 Å². The molecule has 76 heavy (non-hydrogen) atoms. The average molecular weight is 965 g/mol. The van der Waals surface area contributed by atoms with Crippen LogP contribution in [0.3, 0.4) is 0 Å². The Morgan fingerprint density at radius 3 is 1.16 bits per heavy atom. The summed E-state index contributed by atoms with van der Waals surface area (Å²) in [6.07, 6.45) is 0.805. The number of nitrogens with zero attached hydrogens (tertiary/aromatic N) is 2. The minimum atomic E-state index is 0.805. The molecule has 0 unspecified atom stereocenters. The zero-order chi connectivity index (χ0) is 50.0. The molecule has 16 aromatic carbocycles. The number of hydrogen-bond acceptors (Lipinski definition) is 2. The molecule has 0 amide bonds. The SMILES string of the molecule is CCc1c(N(c2ccccc2)c2ccc3c4cccc5cccc(c6cccc2c63)c54)cc2ccccc2c1-c1cc(N(c2ccccc2)c2ccc3c4cccc5cccc(c6cccc2c63)c54)cc2ccccc12. The molecule has 2 nitrogen and oxygen atoms in total. The van der Waals surface area contributed by atoms with Gasteiger partial charge in [0.2, 0.25) is 0 Å². The first kappa shape index (κ1) is 42.7. The van der Waals surface area contributed by atoms with Gasteiger partial charge in [-0.15, -0.1) is 0 Å². The van der Waals surface area contributed by atoms with Crippen molar-refractivity contribution < 1.29 is 0 Å². The van der Waals surface area contributed by atoms with Crippen molar-refractivity contribution >= 4 is 142 Å². The van der Waals surface area contributed by atoms with Crippen LogP contribution in [-0.2, 0) is 6.42 Å². The van der Waals surface area contributed by atoms with E-state index >= 15 is 0 Å². The fraction of sp³-hybridized carbons (Fsp3) is 0.0270. The Hall–Kier alpha value is -9.76. The highest BCUT2D eigenvalue weighted by Gasteiger charge is 2.27. The number of benzene rings is 16. The van der Waals surface area contributed by atoms with E-state index in [0.717, 1.165) is 34.9 Å². The van der Waals surface area contributed by atoms with Crippen LogP contribution in [0.5, 0.6) is 0 Å². The summed E-state index contributed by atoms with van der Waals surface area (Å²) in [4.78, 5) is 5.05. The van der Waals surface area contributed by atoms with Gasteiger partial charge >= 0.3 is 0 Å². The summed E-state index contributed by atoms with van der Waals surface area (Å²) >= 11 is 0. The Morgan fingerprint density at radius 2 is 0.632 bits per heavy atom. The third-order valence-corrected chi connectivity index (χ3v) is 16.6. The third-order valence-electron chi connectivity index (χ3n) is 16.6. The molecule has 0 bridgehead atoms. The average Bonchev–Trinajstić information content (AvgIpc) is 3.56. The first-order valence-corrected chi connectivity index (χ1v) is 26.6. The van der Waals surface area contributed by atoms with Gasteiger partial charge in [-0.2, -0.15) is 0 Å². The number of hydrogen-bond donors (Lipinski definition) is 0. The molecule has 0 saturated heterocycles. The van der Waals surface area contributed by atoms with Gasteiger partial charge in [0.15, 0.2) is 0 Å². The summed E-state index contributed by atoms with van der Waals surface area (Å²) in [7, 11) is 0. The summed E-state index contributed by atoms with van der Waals surface area (Å²) in [6.45, 7) is 2.34. The quantitative estimate of drug-likeness (QED) is 0.111. The summed E-state index contributed by atoms with van der Waals surface area (Å²) in [5.74, 6) is 0. The van der Waals surface area contributed by atoms with Gasteiger partial charge in [0, 0.05) is 27.8 Å². The first-order valence-electron chi connectivity index (χ1n) is 26.6. The van der Waals surface area contributed by atoms with Gasteiger partial charge in [-0.25, -0.2) is 0 Å². The van der Waals surface area contributed by atoms with Crippen LogP contribution in [0.25, 0.3) is 119 Å². The van der Waals surface area contributed by atoms with Gasteiger partial charge in [0.05, 0.1) is 17.1 Å². The van der Waals surface area contributed by atoms with Crippen LogP contribution in [0.2, 0.25) is 0 Å².